The summed E-state index contributed by atoms with van der Waals surface area (Å²) in [6.45, 7) is 5.27. The van der Waals surface area contributed by atoms with Crippen LogP contribution < -0.4 is 5.32 Å². The molecule has 1 aromatic carbocycles. The summed E-state index contributed by atoms with van der Waals surface area (Å²) in [6, 6.07) is 10.1. The molecule has 2 N–H and O–H groups in total. The molecule has 0 aliphatic carbocycles. The van der Waals surface area contributed by atoms with Crippen LogP contribution >= 0.6 is 0 Å². The molecule has 0 saturated carbocycles. The summed E-state index contributed by atoms with van der Waals surface area (Å²) in [6.07, 6.45) is 2.48. The van der Waals surface area contributed by atoms with Gasteiger partial charge in [0.1, 0.15) is 0 Å². The van der Waals surface area contributed by atoms with Gasteiger partial charge >= 0.3 is 5.97 Å². The Balaban J connectivity index is 1.93. The molecule has 21 heavy (non-hydrogen) atoms. The molecule has 0 bridgehead atoms. The van der Waals surface area contributed by atoms with Gasteiger partial charge in [-0.15, -0.1) is 0 Å². The number of aliphatic carboxylic acids is 1. The zero-order chi connectivity index (χ0) is 15.2. The summed E-state index contributed by atoms with van der Waals surface area (Å²) < 4.78 is 0. The fraction of sp³-hybridized carbons (Fsp3) is 0.412. The highest BCUT2D eigenvalue weighted by atomic mass is 16.4. The minimum Gasteiger partial charge on any atom is -0.481 e. The second-order valence-electron chi connectivity index (χ2n) is 5.83. The molecule has 1 aromatic heterocycles. The molecule has 4 nitrogen and oxygen atoms in total. The molecule has 0 fully saturated rings. The highest BCUT2D eigenvalue weighted by molar-refractivity contribution is 5.78. The summed E-state index contributed by atoms with van der Waals surface area (Å²) in [5.41, 5.74) is 2.12. The van der Waals surface area contributed by atoms with E-state index in [1.54, 1.807) is 6.20 Å². The van der Waals surface area contributed by atoms with Gasteiger partial charge < -0.3 is 10.4 Å². The Labute approximate surface area is 125 Å². The first-order valence-electron chi connectivity index (χ1n) is 7.33. The molecule has 0 spiro atoms. The number of hydrogen-bond donors (Lipinski definition) is 2. The predicted octanol–water partition coefficient (Wildman–Crippen LogP) is 3.07. The number of hydrogen-bond acceptors (Lipinski definition) is 3. The van der Waals surface area contributed by atoms with Crippen molar-refractivity contribution in [3.05, 3.63) is 42.1 Å². The standard InChI is InChI=1S/C17H22N2O2/c1-12(2)8-15(17(20)21)11-18-10-13-5-6-16-14(9-13)4-3-7-19-16/h3-7,9,12,15,18H,8,10-11H2,1-2H3,(H,20,21). The van der Waals surface area contributed by atoms with Crippen LogP contribution in [0.2, 0.25) is 0 Å². The van der Waals surface area contributed by atoms with Gasteiger partial charge in [-0.2, -0.15) is 0 Å². The Morgan fingerprint density at radius 3 is 2.86 bits per heavy atom. The number of rotatable bonds is 7. The first-order valence-corrected chi connectivity index (χ1v) is 7.33. The molecule has 0 aliphatic heterocycles. The topological polar surface area (TPSA) is 62.2 Å². The Hall–Kier alpha value is -1.94. The Morgan fingerprint density at radius 1 is 1.33 bits per heavy atom. The first kappa shape index (κ1) is 15.4. The maximum atomic E-state index is 11.2. The Kier molecular flexibility index (Phi) is 5.28. The Morgan fingerprint density at radius 2 is 2.14 bits per heavy atom. The van der Waals surface area contributed by atoms with Gasteiger partial charge in [-0.1, -0.05) is 26.0 Å². The molecule has 4 heteroatoms. The molecule has 0 saturated heterocycles. The average molecular weight is 286 g/mol. The third-order valence-corrected chi connectivity index (χ3v) is 3.49. The summed E-state index contributed by atoms with van der Waals surface area (Å²) in [4.78, 5) is 15.5. The van der Waals surface area contributed by atoms with E-state index in [-0.39, 0.29) is 5.92 Å². The molecule has 1 atom stereocenters. The minimum absolute atomic E-state index is 0.327. The van der Waals surface area contributed by atoms with Gasteiger partial charge in [0.15, 0.2) is 0 Å². The zero-order valence-electron chi connectivity index (χ0n) is 12.5. The SMILES string of the molecule is CC(C)CC(CNCc1ccc2ncccc2c1)C(=O)O. The lowest BCUT2D eigenvalue weighted by atomic mass is 9.97. The fourth-order valence-electron chi connectivity index (χ4n) is 2.47. The van der Waals surface area contributed by atoms with Crippen molar-refractivity contribution in [3.63, 3.8) is 0 Å². The van der Waals surface area contributed by atoms with Crippen molar-refractivity contribution in [1.82, 2.24) is 10.3 Å². The summed E-state index contributed by atoms with van der Waals surface area (Å²) in [5.74, 6) is -0.661. The lowest BCUT2D eigenvalue weighted by Crippen LogP contribution is -2.29. The van der Waals surface area contributed by atoms with E-state index in [0.717, 1.165) is 16.5 Å². The van der Waals surface area contributed by atoms with Gasteiger partial charge in [0.25, 0.3) is 0 Å². The van der Waals surface area contributed by atoms with Crippen molar-refractivity contribution in [2.24, 2.45) is 11.8 Å². The van der Waals surface area contributed by atoms with Crippen molar-refractivity contribution in [1.29, 1.82) is 0 Å². The van der Waals surface area contributed by atoms with Gasteiger partial charge in [0.2, 0.25) is 0 Å². The normalized spacial score (nSPS) is 12.7. The van der Waals surface area contributed by atoms with E-state index >= 15 is 0 Å². The van der Waals surface area contributed by atoms with Crippen molar-refractivity contribution >= 4 is 16.9 Å². The molecule has 0 radical (unpaired) electrons. The zero-order valence-corrected chi connectivity index (χ0v) is 12.5. The van der Waals surface area contributed by atoms with Crippen molar-refractivity contribution in [2.45, 2.75) is 26.8 Å². The van der Waals surface area contributed by atoms with E-state index in [1.165, 1.54) is 0 Å². The number of nitrogens with one attached hydrogen (secondary N) is 1. The van der Waals surface area contributed by atoms with E-state index in [0.29, 0.717) is 25.4 Å². The third kappa shape index (κ3) is 4.53. The van der Waals surface area contributed by atoms with Crippen LogP contribution in [0.1, 0.15) is 25.8 Å². The molecule has 112 valence electrons. The van der Waals surface area contributed by atoms with Crippen molar-refractivity contribution in [3.8, 4) is 0 Å². The highest BCUT2D eigenvalue weighted by Crippen LogP contribution is 2.14. The van der Waals surface area contributed by atoms with Crippen LogP contribution in [0.5, 0.6) is 0 Å². The predicted molar refractivity (Wildman–Crippen MR) is 84.0 cm³/mol. The maximum Gasteiger partial charge on any atom is 0.307 e. The van der Waals surface area contributed by atoms with Crippen LogP contribution in [0.25, 0.3) is 10.9 Å². The summed E-state index contributed by atoms with van der Waals surface area (Å²) >= 11 is 0. The number of benzene rings is 1. The van der Waals surface area contributed by atoms with Gasteiger partial charge in [-0.25, -0.2) is 0 Å². The highest BCUT2D eigenvalue weighted by Gasteiger charge is 2.18. The monoisotopic (exact) mass is 286 g/mol. The number of fused-ring (bicyclic) bond motifs is 1. The molecule has 2 rings (SSSR count). The maximum absolute atomic E-state index is 11.2. The first-order chi connectivity index (χ1) is 10.1. The second-order valence-corrected chi connectivity index (χ2v) is 5.83. The lowest BCUT2D eigenvalue weighted by molar-refractivity contribution is -0.142. The molecule has 0 amide bonds. The van der Waals surface area contributed by atoms with E-state index in [1.807, 2.05) is 38.1 Å². The lowest BCUT2D eigenvalue weighted by Gasteiger charge is -2.15. The average Bonchev–Trinajstić information content (AvgIpc) is 2.45. The number of pyridine rings is 1. The van der Waals surface area contributed by atoms with E-state index in [9.17, 15) is 9.90 Å². The number of carbonyl (C=O) groups is 1. The minimum atomic E-state index is -0.723. The molecular weight excluding hydrogens is 264 g/mol. The van der Waals surface area contributed by atoms with Crippen LogP contribution in [0.4, 0.5) is 0 Å². The fourth-order valence-corrected chi connectivity index (χ4v) is 2.47. The number of aromatic nitrogens is 1. The quantitative estimate of drug-likeness (QED) is 0.821. The largest absolute Gasteiger partial charge is 0.481 e. The van der Waals surface area contributed by atoms with Crippen LogP contribution in [0.15, 0.2) is 36.5 Å². The van der Waals surface area contributed by atoms with Gasteiger partial charge in [-0.3, -0.25) is 9.78 Å². The third-order valence-electron chi connectivity index (χ3n) is 3.49. The molecule has 1 heterocycles. The van der Waals surface area contributed by atoms with Crippen molar-refractivity contribution < 1.29 is 9.90 Å². The Bertz CT molecular complexity index is 611. The number of nitrogens with zero attached hydrogens (tertiary/aromatic N) is 1. The molecule has 1 unspecified atom stereocenters. The molecule has 0 aliphatic rings. The summed E-state index contributed by atoms with van der Waals surface area (Å²) in [5, 5.41) is 13.6. The van der Waals surface area contributed by atoms with Crippen LogP contribution in [-0.4, -0.2) is 22.6 Å². The second kappa shape index (κ2) is 7.18. The van der Waals surface area contributed by atoms with Gasteiger partial charge in [0.05, 0.1) is 11.4 Å². The van der Waals surface area contributed by atoms with Crippen LogP contribution in [-0.2, 0) is 11.3 Å². The van der Waals surface area contributed by atoms with Crippen LogP contribution in [0.3, 0.4) is 0 Å². The van der Waals surface area contributed by atoms with Gasteiger partial charge in [0, 0.05) is 24.7 Å². The smallest absolute Gasteiger partial charge is 0.307 e. The van der Waals surface area contributed by atoms with Gasteiger partial charge in [-0.05, 0) is 36.1 Å². The molecular formula is C17H22N2O2. The molecule has 2 aromatic rings. The summed E-state index contributed by atoms with van der Waals surface area (Å²) in [7, 11) is 0. The van der Waals surface area contributed by atoms with Crippen molar-refractivity contribution in [2.75, 3.05) is 6.54 Å². The number of carboxylic acids is 1. The van der Waals surface area contributed by atoms with E-state index in [2.05, 4.69) is 16.4 Å². The van der Waals surface area contributed by atoms with E-state index < -0.39 is 5.97 Å². The van der Waals surface area contributed by atoms with E-state index in [4.69, 9.17) is 0 Å². The van der Waals surface area contributed by atoms with Crippen LogP contribution in [0, 0.1) is 11.8 Å². The number of carboxylic acid groups (broad SMARTS) is 1.